The molecule has 2 rings (SSSR count). The van der Waals surface area contributed by atoms with Gasteiger partial charge in [-0.2, -0.15) is 0 Å². The standard InChI is InChI=1S/C18H24N4O3/c1-5-6-10-22-15(19)14(16(23)20-18(22)25)21(4)17(24)13-9-7-8-11(2)12(13)3/h7-9H,5-6,10,19H2,1-4H3,(H,20,23,25). The summed E-state index contributed by atoms with van der Waals surface area (Å²) in [5.74, 6) is -0.345. The minimum atomic E-state index is -0.670. The number of benzene rings is 1. The molecule has 1 amide bonds. The first-order valence-electron chi connectivity index (χ1n) is 8.26. The van der Waals surface area contributed by atoms with Gasteiger partial charge in [-0.25, -0.2) is 4.79 Å². The molecule has 25 heavy (non-hydrogen) atoms. The van der Waals surface area contributed by atoms with Gasteiger partial charge in [-0.05, 0) is 37.5 Å². The molecule has 1 aromatic carbocycles. The Morgan fingerprint density at radius 2 is 1.96 bits per heavy atom. The van der Waals surface area contributed by atoms with Gasteiger partial charge in [0.15, 0.2) is 5.69 Å². The van der Waals surface area contributed by atoms with Crippen LogP contribution in [-0.2, 0) is 6.54 Å². The molecule has 0 saturated carbocycles. The first-order chi connectivity index (χ1) is 11.8. The molecule has 0 atom stereocenters. The van der Waals surface area contributed by atoms with Gasteiger partial charge in [-0.3, -0.25) is 19.1 Å². The van der Waals surface area contributed by atoms with E-state index in [1.165, 1.54) is 16.5 Å². The van der Waals surface area contributed by atoms with Crippen LogP contribution < -0.4 is 21.9 Å². The molecule has 7 nitrogen and oxygen atoms in total. The van der Waals surface area contributed by atoms with E-state index < -0.39 is 11.2 Å². The molecule has 134 valence electrons. The van der Waals surface area contributed by atoms with Crippen molar-refractivity contribution >= 4 is 17.4 Å². The number of carbonyl (C=O) groups excluding carboxylic acids is 1. The quantitative estimate of drug-likeness (QED) is 0.863. The molecule has 1 heterocycles. The Hall–Kier alpha value is -2.83. The highest BCUT2D eigenvalue weighted by atomic mass is 16.2. The molecule has 0 radical (unpaired) electrons. The molecule has 0 fully saturated rings. The van der Waals surface area contributed by atoms with Crippen molar-refractivity contribution < 1.29 is 4.79 Å². The summed E-state index contributed by atoms with van der Waals surface area (Å²) in [7, 11) is 1.49. The number of nitrogen functional groups attached to an aromatic ring is 1. The third kappa shape index (κ3) is 3.50. The molecule has 1 aromatic heterocycles. The average molecular weight is 344 g/mol. The monoisotopic (exact) mass is 344 g/mol. The number of hydrogen-bond acceptors (Lipinski definition) is 4. The van der Waals surface area contributed by atoms with Gasteiger partial charge in [0.2, 0.25) is 0 Å². The number of aromatic amines is 1. The second-order valence-corrected chi connectivity index (χ2v) is 6.11. The van der Waals surface area contributed by atoms with Gasteiger partial charge in [0.1, 0.15) is 5.82 Å². The molecular weight excluding hydrogens is 320 g/mol. The van der Waals surface area contributed by atoms with E-state index in [1.807, 2.05) is 26.8 Å². The lowest BCUT2D eigenvalue weighted by Gasteiger charge is -2.21. The van der Waals surface area contributed by atoms with Crippen molar-refractivity contribution in [3.63, 3.8) is 0 Å². The zero-order chi connectivity index (χ0) is 18.7. The number of amides is 1. The van der Waals surface area contributed by atoms with Crippen LogP contribution in [0.5, 0.6) is 0 Å². The third-order valence-corrected chi connectivity index (χ3v) is 4.42. The number of aryl methyl sites for hydroxylation is 1. The minimum Gasteiger partial charge on any atom is -0.383 e. The van der Waals surface area contributed by atoms with Gasteiger partial charge >= 0.3 is 5.69 Å². The van der Waals surface area contributed by atoms with Crippen molar-refractivity contribution in [2.75, 3.05) is 17.7 Å². The molecule has 0 aliphatic carbocycles. The van der Waals surface area contributed by atoms with E-state index in [-0.39, 0.29) is 17.4 Å². The number of carbonyl (C=O) groups is 1. The van der Waals surface area contributed by atoms with Crippen LogP contribution in [-0.4, -0.2) is 22.5 Å². The lowest BCUT2D eigenvalue weighted by molar-refractivity contribution is 0.0992. The summed E-state index contributed by atoms with van der Waals surface area (Å²) >= 11 is 0. The van der Waals surface area contributed by atoms with Gasteiger partial charge in [-0.1, -0.05) is 25.5 Å². The van der Waals surface area contributed by atoms with Crippen LogP contribution in [0.3, 0.4) is 0 Å². The maximum atomic E-state index is 12.9. The molecule has 0 aliphatic rings. The first kappa shape index (κ1) is 18.5. The topological polar surface area (TPSA) is 101 Å². The minimum absolute atomic E-state index is 0.00311. The van der Waals surface area contributed by atoms with Gasteiger partial charge in [0.25, 0.3) is 11.5 Å². The maximum Gasteiger partial charge on any atom is 0.330 e. The summed E-state index contributed by atoms with van der Waals surface area (Å²) in [5, 5.41) is 0. The van der Waals surface area contributed by atoms with Crippen LogP contribution in [0, 0.1) is 13.8 Å². The van der Waals surface area contributed by atoms with Gasteiger partial charge < -0.3 is 10.6 Å². The highest BCUT2D eigenvalue weighted by Crippen LogP contribution is 2.20. The fourth-order valence-corrected chi connectivity index (χ4v) is 2.70. The average Bonchev–Trinajstić information content (AvgIpc) is 2.56. The van der Waals surface area contributed by atoms with Crippen LogP contribution in [0.1, 0.15) is 41.3 Å². The number of nitrogens with zero attached hydrogens (tertiary/aromatic N) is 2. The van der Waals surface area contributed by atoms with Crippen LogP contribution in [0.15, 0.2) is 27.8 Å². The highest BCUT2D eigenvalue weighted by molar-refractivity contribution is 6.07. The molecule has 0 spiro atoms. The van der Waals surface area contributed by atoms with E-state index in [9.17, 15) is 14.4 Å². The number of unbranched alkanes of at least 4 members (excludes halogenated alkanes) is 1. The number of nitrogens with one attached hydrogen (secondary N) is 1. The lowest BCUT2D eigenvalue weighted by atomic mass is 10.0. The number of aromatic nitrogens is 2. The van der Waals surface area contributed by atoms with Crippen molar-refractivity contribution in [1.29, 1.82) is 0 Å². The zero-order valence-corrected chi connectivity index (χ0v) is 15.0. The van der Waals surface area contributed by atoms with Crippen molar-refractivity contribution in [1.82, 2.24) is 9.55 Å². The number of hydrogen-bond donors (Lipinski definition) is 2. The fourth-order valence-electron chi connectivity index (χ4n) is 2.70. The Morgan fingerprint density at radius 1 is 1.28 bits per heavy atom. The fraction of sp³-hybridized carbons (Fsp3) is 0.389. The Kier molecular flexibility index (Phi) is 5.46. The van der Waals surface area contributed by atoms with Crippen molar-refractivity contribution in [2.24, 2.45) is 0 Å². The Bertz CT molecular complexity index is 912. The second kappa shape index (κ2) is 7.38. The number of anilines is 2. The predicted molar refractivity (Wildman–Crippen MR) is 99.3 cm³/mol. The largest absolute Gasteiger partial charge is 0.383 e. The normalized spacial score (nSPS) is 10.7. The zero-order valence-electron chi connectivity index (χ0n) is 15.0. The molecule has 0 bridgehead atoms. The molecule has 0 unspecified atom stereocenters. The summed E-state index contributed by atoms with van der Waals surface area (Å²) < 4.78 is 1.30. The molecule has 3 N–H and O–H groups in total. The predicted octanol–water partition coefficient (Wildman–Crippen LogP) is 1.81. The van der Waals surface area contributed by atoms with Crippen molar-refractivity contribution in [3.8, 4) is 0 Å². The van der Waals surface area contributed by atoms with E-state index >= 15 is 0 Å². The van der Waals surface area contributed by atoms with Crippen molar-refractivity contribution in [2.45, 2.75) is 40.2 Å². The SMILES string of the molecule is CCCCn1c(N)c(N(C)C(=O)c2cccc(C)c2C)c(=O)[nH]c1=O. The lowest BCUT2D eigenvalue weighted by Crippen LogP contribution is -2.39. The van der Waals surface area contributed by atoms with Crippen LogP contribution in [0.2, 0.25) is 0 Å². The third-order valence-electron chi connectivity index (χ3n) is 4.42. The summed E-state index contributed by atoms with van der Waals surface area (Å²) in [6, 6.07) is 5.41. The smallest absolute Gasteiger partial charge is 0.330 e. The Balaban J connectivity index is 2.53. The molecule has 0 aliphatic heterocycles. The van der Waals surface area contributed by atoms with E-state index in [1.54, 1.807) is 12.1 Å². The van der Waals surface area contributed by atoms with Gasteiger partial charge in [0.05, 0.1) is 0 Å². The molecule has 7 heteroatoms. The number of H-pyrrole nitrogens is 1. The summed E-state index contributed by atoms with van der Waals surface area (Å²) in [6.45, 7) is 6.14. The van der Waals surface area contributed by atoms with Gasteiger partial charge in [-0.15, -0.1) is 0 Å². The highest BCUT2D eigenvalue weighted by Gasteiger charge is 2.23. The molecule has 0 saturated heterocycles. The molecule has 2 aromatic rings. The van der Waals surface area contributed by atoms with E-state index in [0.717, 1.165) is 24.0 Å². The number of rotatable bonds is 5. The van der Waals surface area contributed by atoms with E-state index in [0.29, 0.717) is 12.1 Å². The van der Waals surface area contributed by atoms with Crippen molar-refractivity contribution in [3.05, 3.63) is 55.7 Å². The summed E-state index contributed by atoms with van der Waals surface area (Å²) in [5.41, 5.74) is 7.13. The summed E-state index contributed by atoms with van der Waals surface area (Å²) in [6.07, 6.45) is 1.61. The van der Waals surface area contributed by atoms with E-state index in [2.05, 4.69) is 4.98 Å². The second-order valence-electron chi connectivity index (χ2n) is 6.11. The number of nitrogens with two attached hydrogens (primary N) is 1. The summed E-state index contributed by atoms with van der Waals surface area (Å²) in [4.78, 5) is 40.6. The van der Waals surface area contributed by atoms with Gasteiger partial charge in [0, 0.05) is 19.2 Å². The van der Waals surface area contributed by atoms with Crippen LogP contribution in [0.25, 0.3) is 0 Å². The maximum absolute atomic E-state index is 12.9. The first-order valence-corrected chi connectivity index (χ1v) is 8.26. The van der Waals surface area contributed by atoms with Crippen LogP contribution in [0.4, 0.5) is 11.5 Å². The van der Waals surface area contributed by atoms with E-state index in [4.69, 9.17) is 5.73 Å². The molecular formula is C18H24N4O3. The van der Waals surface area contributed by atoms with Crippen LogP contribution >= 0.6 is 0 Å². The Labute approximate surface area is 146 Å². The Morgan fingerprint density at radius 3 is 2.60 bits per heavy atom.